The maximum atomic E-state index is 11.3. The van der Waals surface area contributed by atoms with E-state index in [1.807, 2.05) is 0 Å². The van der Waals surface area contributed by atoms with Gasteiger partial charge in [-0.3, -0.25) is 9.35 Å². The summed E-state index contributed by atoms with van der Waals surface area (Å²) < 4.78 is 32.8. The Balaban J connectivity index is 3.30. The molecule has 0 saturated carbocycles. The van der Waals surface area contributed by atoms with Crippen LogP contribution < -0.4 is 0 Å². The highest BCUT2D eigenvalue weighted by atomic mass is 32.3. The van der Waals surface area contributed by atoms with E-state index in [-0.39, 0.29) is 12.4 Å². The molecule has 0 aliphatic carbocycles. The first-order valence-corrected chi connectivity index (χ1v) is 7.45. The lowest BCUT2D eigenvalue weighted by atomic mass is 10.1. The summed E-state index contributed by atoms with van der Waals surface area (Å²) >= 11 is 0. The lowest BCUT2D eigenvalue weighted by molar-refractivity contribution is -0.119. The molecule has 0 rings (SSSR count). The summed E-state index contributed by atoms with van der Waals surface area (Å²) in [4.78, 5) is 11.3. The number of hydrogen-bond donors (Lipinski definition) is 1. The molecule has 0 amide bonds. The number of hydrogen-bond acceptors (Lipinski definition) is 4. The molecular weight excluding hydrogens is 244 g/mol. The largest absolute Gasteiger partial charge is 0.397 e. The third-order valence-electron chi connectivity index (χ3n) is 2.39. The van der Waals surface area contributed by atoms with Gasteiger partial charge in [0, 0.05) is 12.8 Å². The van der Waals surface area contributed by atoms with Crippen LogP contribution in [0.1, 0.15) is 58.3 Å². The van der Waals surface area contributed by atoms with Gasteiger partial charge in [0.2, 0.25) is 0 Å². The van der Waals surface area contributed by atoms with Crippen LogP contribution in [0, 0.1) is 0 Å². The minimum atomic E-state index is -4.31. The third-order valence-corrected chi connectivity index (χ3v) is 2.86. The monoisotopic (exact) mass is 266 g/mol. The van der Waals surface area contributed by atoms with E-state index in [9.17, 15) is 13.2 Å². The molecule has 0 aliphatic heterocycles. The fraction of sp³-hybridized carbons (Fsp3) is 0.909. The minimum Gasteiger partial charge on any atom is -0.300 e. The van der Waals surface area contributed by atoms with Gasteiger partial charge >= 0.3 is 10.4 Å². The van der Waals surface area contributed by atoms with E-state index in [0.717, 1.165) is 32.1 Å². The molecule has 0 radical (unpaired) electrons. The Morgan fingerprint density at radius 2 is 1.65 bits per heavy atom. The third kappa shape index (κ3) is 13.5. The highest BCUT2D eigenvalue weighted by Crippen LogP contribution is 2.07. The van der Waals surface area contributed by atoms with E-state index in [4.69, 9.17) is 4.55 Å². The molecule has 0 saturated heterocycles. The van der Waals surface area contributed by atoms with Gasteiger partial charge in [0.25, 0.3) is 0 Å². The average molecular weight is 266 g/mol. The van der Waals surface area contributed by atoms with Crippen molar-refractivity contribution in [2.75, 3.05) is 6.61 Å². The summed E-state index contributed by atoms with van der Waals surface area (Å²) in [5.41, 5.74) is 0. The van der Waals surface area contributed by atoms with Gasteiger partial charge in [-0.15, -0.1) is 0 Å². The molecule has 6 heteroatoms. The van der Waals surface area contributed by atoms with Crippen LogP contribution in [0.25, 0.3) is 0 Å². The van der Waals surface area contributed by atoms with E-state index in [1.54, 1.807) is 0 Å². The molecule has 0 atom stereocenters. The Morgan fingerprint density at radius 1 is 1.06 bits per heavy atom. The molecule has 0 unspecified atom stereocenters. The van der Waals surface area contributed by atoms with E-state index in [0.29, 0.717) is 19.3 Å². The Labute approximate surface area is 104 Å². The molecular formula is C11H22O5S. The lowest BCUT2D eigenvalue weighted by Gasteiger charge is -2.01. The van der Waals surface area contributed by atoms with E-state index < -0.39 is 10.4 Å². The highest BCUT2D eigenvalue weighted by Gasteiger charge is 2.04. The molecule has 0 fully saturated rings. The van der Waals surface area contributed by atoms with Crippen molar-refractivity contribution in [3.63, 3.8) is 0 Å². The van der Waals surface area contributed by atoms with Crippen LogP contribution in [0.5, 0.6) is 0 Å². The Kier molecular flexibility index (Phi) is 9.30. The maximum Gasteiger partial charge on any atom is 0.397 e. The van der Waals surface area contributed by atoms with Gasteiger partial charge in [0.1, 0.15) is 5.78 Å². The van der Waals surface area contributed by atoms with Gasteiger partial charge in [-0.2, -0.15) is 8.42 Å². The summed E-state index contributed by atoms with van der Waals surface area (Å²) in [5, 5.41) is 0. The Morgan fingerprint density at radius 3 is 2.18 bits per heavy atom. The number of rotatable bonds is 11. The smallest absolute Gasteiger partial charge is 0.300 e. The second kappa shape index (κ2) is 9.56. The minimum absolute atomic E-state index is 0.0249. The van der Waals surface area contributed by atoms with Gasteiger partial charge in [0.05, 0.1) is 6.61 Å². The summed E-state index contributed by atoms with van der Waals surface area (Å²) in [6.07, 6.45) is 6.37. The van der Waals surface area contributed by atoms with Crippen LogP contribution in [0.2, 0.25) is 0 Å². The van der Waals surface area contributed by atoms with Crippen molar-refractivity contribution in [2.24, 2.45) is 0 Å². The number of carbonyl (C=O) groups excluding carboxylic acids is 1. The highest BCUT2D eigenvalue weighted by molar-refractivity contribution is 7.80. The van der Waals surface area contributed by atoms with E-state index in [2.05, 4.69) is 11.1 Å². The molecule has 0 aromatic rings. The van der Waals surface area contributed by atoms with Gasteiger partial charge in [-0.25, -0.2) is 4.18 Å². The van der Waals surface area contributed by atoms with Crippen molar-refractivity contribution in [1.29, 1.82) is 0 Å². The van der Waals surface area contributed by atoms with Crippen molar-refractivity contribution >= 4 is 16.2 Å². The molecule has 0 spiro atoms. The summed E-state index contributed by atoms with van der Waals surface area (Å²) in [5.74, 6) is 0.272. The second-order valence-corrected chi connectivity index (χ2v) is 5.15. The predicted octanol–water partition coefficient (Wildman–Crippen LogP) is 2.52. The van der Waals surface area contributed by atoms with Crippen molar-refractivity contribution < 1.29 is 21.9 Å². The molecule has 0 aromatic carbocycles. The second-order valence-electron chi connectivity index (χ2n) is 4.06. The lowest BCUT2D eigenvalue weighted by Crippen LogP contribution is -2.05. The molecule has 0 heterocycles. The topological polar surface area (TPSA) is 80.7 Å². The number of unbranched alkanes of at least 4 members (excludes halogenated alkanes) is 4. The zero-order chi connectivity index (χ0) is 13.1. The van der Waals surface area contributed by atoms with Crippen LogP contribution in [0.4, 0.5) is 0 Å². The van der Waals surface area contributed by atoms with Crippen molar-refractivity contribution in [1.82, 2.24) is 0 Å². The average Bonchev–Trinajstić information content (AvgIpc) is 2.22. The van der Waals surface area contributed by atoms with E-state index in [1.165, 1.54) is 0 Å². The fourth-order valence-corrected chi connectivity index (χ4v) is 1.79. The Hall–Kier alpha value is -0.460. The standard InChI is InChI=1S/C11H22O5S/c1-2-3-5-8-11(12)9-6-4-7-10-16-17(13,14)15/h2-10H2,1H3,(H,13,14,15). The zero-order valence-electron chi connectivity index (χ0n) is 10.4. The molecule has 17 heavy (non-hydrogen) atoms. The van der Waals surface area contributed by atoms with Crippen LogP contribution in [-0.2, 0) is 19.4 Å². The molecule has 0 aromatic heterocycles. The van der Waals surface area contributed by atoms with Crippen LogP contribution in [0.3, 0.4) is 0 Å². The quantitative estimate of drug-likeness (QED) is 0.459. The van der Waals surface area contributed by atoms with Crippen LogP contribution >= 0.6 is 0 Å². The zero-order valence-corrected chi connectivity index (χ0v) is 11.2. The van der Waals surface area contributed by atoms with Gasteiger partial charge in [0.15, 0.2) is 0 Å². The Bertz CT molecular complexity index is 297. The van der Waals surface area contributed by atoms with Gasteiger partial charge in [-0.1, -0.05) is 26.2 Å². The normalized spacial score (nSPS) is 11.6. The van der Waals surface area contributed by atoms with Crippen LogP contribution in [0.15, 0.2) is 0 Å². The first-order valence-electron chi connectivity index (χ1n) is 6.09. The number of ketones is 1. The number of carbonyl (C=O) groups is 1. The molecule has 0 aliphatic rings. The van der Waals surface area contributed by atoms with Crippen LogP contribution in [-0.4, -0.2) is 25.4 Å². The summed E-state index contributed by atoms with van der Waals surface area (Å²) in [7, 11) is -4.31. The maximum absolute atomic E-state index is 11.3. The number of Topliss-reactive ketones (excluding diaryl/α,β-unsaturated/α-hetero) is 1. The summed E-state index contributed by atoms with van der Waals surface area (Å²) in [6.45, 7) is 2.07. The van der Waals surface area contributed by atoms with Crippen molar-refractivity contribution in [3.05, 3.63) is 0 Å². The molecule has 5 nitrogen and oxygen atoms in total. The molecule has 102 valence electrons. The SMILES string of the molecule is CCCCCC(=O)CCCCCOS(=O)(=O)O. The van der Waals surface area contributed by atoms with Crippen molar-refractivity contribution in [2.45, 2.75) is 58.3 Å². The predicted molar refractivity (Wildman–Crippen MR) is 65.1 cm³/mol. The van der Waals surface area contributed by atoms with Crippen molar-refractivity contribution in [3.8, 4) is 0 Å². The fourth-order valence-electron chi connectivity index (χ4n) is 1.46. The molecule has 1 N–H and O–H groups in total. The first kappa shape index (κ1) is 16.5. The summed E-state index contributed by atoms with van der Waals surface area (Å²) in [6, 6.07) is 0. The van der Waals surface area contributed by atoms with E-state index >= 15 is 0 Å². The first-order chi connectivity index (χ1) is 7.95. The van der Waals surface area contributed by atoms with Gasteiger partial charge in [-0.05, 0) is 19.3 Å². The molecule has 0 bridgehead atoms. The van der Waals surface area contributed by atoms with Gasteiger partial charge < -0.3 is 0 Å².